The maximum Gasteiger partial charge on any atom is 0.212 e. The zero-order valence-corrected chi connectivity index (χ0v) is 15.2. The first-order valence-electron chi connectivity index (χ1n) is 8.40. The smallest absolute Gasteiger partial charge is 0.201 e. The van der Waals surface area contributed by atoms with Gasteiger partial charge in [0.2, 0.25) is 5.69 Å². The number of hydrogen-bond acceptors (Lipinski definition) is 0. The Labute approximate surface area is 136 Å². The van der Waals surface area contributed by atoms with E-state index < -0.39 is 0 Å². The van der Waals surface area contributed by atoms with Crippen LogP contribution >= 0.6 is 0 Å². The van der Waals surface area contributed by atoms with Crippen molar-refractivity contribution in [3.63, 3.8) is 0 Å². The number of benzene rings is 1. The van der Waals surface area contributed by atoms with E-state index in [2.05, 4.69) is 83.6 Å². The summed E-state index contributed by atoms with van der Waals surface area (Å²) in [5.41, 5.74) is 8.44. The van der Waals surface area contributed by atoms with Crippen molar-refractivity contribution >= 4 is 0 Å². The fourth-order valence-corrected chi connectivity index (χ4v) is 3.38. The monoisotopic (exact) mass is 296 g/mol. The lowest BCUT2D eigenvalue weighted by molar-refractivity contribution is -0.661. The van der Waals surface area contributed by atoms with Crippen LogP contribution in [0, 0.1) is 20.8 Å². The summed E-state index contributed by atoms with van der Waals surface area (Å²) in [4.78, 5) is 0. The molecule has 0 amide bonds. The van der Waals surface area contributed by atoms with E-state index in [1.54, 1.807) is 0 Å². The third kappa shape index (κ3) is 2.95. The van der Waals surface area contributed by atoms with Crippen LogP contribution in [-0.2, 0) is 12.5 Å². The van der Waals surface area contributed by atoms with Crippen LogP contribution in [-0.4, -0.2) is 0 Å². The van der Waals surface area contributed by atoms with Gasteiger partial charge in [-0.2, -0.15) is 0 Å². The maximum absolute atomic E-state index is 2.38. The van der Waals surface area contributed by atoms with Crippen LogP contribution in [0.5, 0.6) is 0 Å². The van der Waals surface area contributed by atoms with Crippen molar-refractivity contribution in [2.45, 2.75) is 59.8 Å². The number of aryl methyl sites for hydroxylation is 4. The van der Waals surface area contributed by atoms with E-state index in [4.69, 9.17) is 0 Å². The molecule has 0 unspecified atom stereocenters. The van der Waals surface area contributed by atoms with Gasteiger partial charge < -0.3 is 0 Å². The molecular weight excluding hydrogens is 266 g/mol. The lowest BCUT2D eigenvalue weighted by Crippen LogP contribution is -2.35. The second-order valence-electron chi connectivity index (χ2n) is 6.95. The Morgan fingerprint density at radius 3 is 2.14 bits per heavy atom. The SMILES string of the molecule is CCC(C)(CC)c1c[n+](C)c(-c2ccc(C)cc2C)cc1C. The first kappa shape index (κ1) is 16.7. The van der Waals surface area contributed by atoms with Gasteiger partial charge in [0.25, 0.3) is 0 Å². The summed E-state index contributed by atoms with van der Waals surface area (Å²) in [6.45, 7) is 13.6. The highest BCUT2D eigenvalue weighted by Crippen LogP contribution is 2.34. The molecule has 1 heteroatoms. The van der Waals surface area contributed by atoms with Gasteiger partial charge in [-0.3, -0.25) is 0 Å². The molecule has 2 rings (SSSR count). The number of aromatic nitrogens is 1. The second-order valence-corrected chi connectivity index (χ2v) is 6.95. The average Bonchev–Trinajstić information content (AvgIpc) is 2.49. The highest BCUT2D eigenvalue weighted by Gasteiger charge is 2.28. The summed E-state index contributed by atoms with van der Waals surface area (Å²) in [7, 11) is 2.17. The molecule has 0 bridgehead atoms. The first-order valence-corrected chi connectivity index (χ1v) is 8.40. The normalized spacial score (nSPS) is 11.8. The molecule has 118 valence electrons. The molecule has 0 fully saturated rings. The van der Waals surface area contributed by atoms with E-state index in [-0.39, 0.29) is 5.41 Å². The van der Waals surface area contributed by atoms with E-state index in [9.17, 15) is 0 Å². The van der Waals surface area contributed by atoms with Crippen LogP contribution in [0.4, 0.5) is 0 Å². The van der Waals surface area contributed by atoms with Crippen LogP contribution < -0.4 is 4.57 Å². The minimum atomic E-state index is 0.267. The molecule has 2 aromatic rings. The number of hydrogen-bond donors (Lipinski definition) is 0. The van der Waals surface area contributed by atoms with E-state index in [0.29, 0.717) is 0 Å². The minimum absolute atomic E-state index is 0.267. The molecule has 0 aliphatic carbocycles. The summed E-state index contributed by atoms with van der Waals surface area (Å²) in [6, 6.07) is 9.07. The molecule has 1 aromatic heterocycles. The van der Waals surface area contributed by atoms with Gasteiger partial charge in [-0.15, -0.1) is 0 Å². The molecule has 0 saturated heterocycles. The van der Waals surface area contributed by atoms with Gasteiger partial charge in [0.05, 0.1) is 0 Å². The molecule has 1 heterocycles. The Bertz CT molecular complexity index is 679. The molecule has 1 nitrogen and oxygen atoms in total. The third-order valence-electron chi connectivity index (χ3n) is 5.35. The van der Waals surface area contributed by atoms with Crippen molar-refractivity contribution < 1.29 is 4.57 Å². The highest BCUT2D eigenvalue weighted by atomic mass is 14.9. The Kier molecular flexibility index (Phi) is 4.75. The maximum atomic E-state index is 2.38. The molecule has 0 aliphatic rings. The van der Waals surface area contributed by atoms with Crippen LogP contribution in [0.1, 0.15) is 55.9 Å². The predicted octanol–water partition coefficient (Wildman–Crippen LogP) is 5.18. The third-order valence-corrected chi connectivity index (χ3v) is 5.35. The number of rotatable bonds is 4. The highest BCUT2D eigenvalue weighted by molar-refractivity contribution is 5.62. The lowest BCUT2D eigenvalue weighted by Gasteiger charge is -2.28. The molecule has 22 heavy (non-hydrogen) atoms. The van der Waals surface area contributed by atoms with Gasteiger partial charge in [0, 0.05) is 17.2 Å². The van der Waals surface area contributed by atoms with Crippen LogP contribution in [0.2, 0.25) is 0 Å². The standard InChI is InChI=1S/C21H30N/c1-8-21(6,9-2)19-14-22(7)20(13-17(19)5)18-11-10-15(3)12-16(18)4/h10-14H,8-9H2,1-7H3/q+1. The second kappa shape index (κ2) is 6.24. The van der Waals surface area contributed by atoms with Crippen LogP contribution in [0.15, 0.2) is 30.5 Å². The van der Waals surface area contributed by atoms with Crippen molar-refractivity contribution in [1.82, 2.24) is 0 Å². The van der Waals surface area contributed by atoms with Crippen LogP contribution in [0.25, 0.3) is 11.3 Å². The van der Waals surface area contributed by atoms with Gasteiger partial charge >= 0.3 is 0 Å². The molecule has 0 atom stereocenters. The first-order chi connectivity index (χ1) is 10.3. The van der Waals surface area contributed by atoms with Gasteiger partial charge in [0.15, 0.2) is 6.20 Å². The topological polar surface area (TPSA) is 3.88 Å². The van der Waals surface area contributed by atoms with Crippen molar-refractivity contribution in [3.05, 3.63) is 52.7 Å². The number of pyridine rings is 1. The fraction of sp³-hybridized carbons (Fsp3) is 0.476. The quantitative estimate of drug-likeness (QED) is 0.684. The molecule has 1 aromatic carbocycles. The molecule has 0 aliphatic heterocycles. The summed E-state index contributed by atoms with van der Waals surface area (Å²) in [5.74, 6) is 0. The van der Waals surface area contributed by atoms with Crippen molar-refractivity contribution in [2.24, 2.45) is 7.05 Å². The van der Waals surface area contributed by atoms with E-state index in [1.165, 1.54) is 46.4 Å². The number of nitrogens with zero attached hydrogens (tertiary/aromatic N) is 1. The largest absolute Gasteiger partial charge is 0.212 e. The van der Waals surface area contributed by atoms with Crippen molar-refractivity contribution in [1.29, 1.82) is 0 Å². The van der Waals surface area contributed by atoms with Crippen molar-refractivity contribution in [3.8, 4) is 11.3 Å². The molecule has 0 radical (unpaired) electrons. The van der Waals surface area contributed by atoms with E-state index >= 15 is 0 Å². The Morgan fingerprint density at radius 1 is 0.955 bits per heavy atom. The van der Waals surface area contributed by atoms with Gasteiger partial charge in [-0.25, -0.2) is 4.57 Å². The van der Waals surface area contributed by atoms with E-state index in [0.717, 1.165) is 0 Å². The molecule has 0 N–H and O–H groups in total. The molecule has 0 spiro atoms. The Morgan fingerprint density at radius 2 is 1.59 bits per heavy atom. The summed E-state index contributed by atoms with van der Waals surface area (Å²) in [5, 5.41) is 0. The summed E-state index contributed by atoms with van der Waals surface area (Å²) in [6.07, 6.45) is 4.69. The lowest BCUT2D eigenvalue weighted by atomic mass is 9.76. The zero-order valence-electron chi connectivity index (χ0n) is 15.2. The average molecular weight is 296 g/mol. The predicted molar refractivity (Wildman–Crippen MR) is 95.2 cm³/mol. The zero-order chi connectivity index (χ0) is 16.5. The fourth-order valence-electron chi connectivity index (χ4n) is 3.38. The van der Waals surface area contributed by atoms with Crippen LogP contribution in [0.3, 0.4) is 0 Å². The summed E-state index contributed by atoms with van der Waals surface area (Å²) < 4.78 is 2.30. The Balaban J connectivity index is 2.60. The minimum Gasteiger partial charge on any atom is -0.201 e. The van der Waals surface area contributed by atoms with Gasteiger partial charge in [-0.1, -0.05) is 38.5 Å². The van der Waals surface area contributed by atoms with Gasteiger partial charge in [-0.05, 0) is 56.2 Å². The van der Waals surface area contributed by atoms with Crippen molar-refractivity contribution in [2.75, 3.05) is 0 Å². The molecular formula is C21H30N+. The van der Waals surface area contributed by atoms with E-state index in [1.807, 2.05) is 0 Å². The van der Waals surface area contributed by atoms with Gasteiger partial charge in [0.1, 0.15) is 7.05 Å². The summed E-state index contributed by atoms with van der Waals surface area (Å²) >= 11 is 0. The molecule has 0 saturated carbocycles. The Hall–Kier alpha value is -1.63.